The van der Waals surface area contributed by atoms with Gasteiger partial charge in [-0.2, -0.15) is 13.2 Å². The van der Waals surface area contributed by atoms with Crippen LogP contribution in [0.4, 0.5) is 13.2 Å². The van der Waals surface area contributed by atoms with E-state index in [-0.39, 0.29) is 36.6 Å². The molecule has 0 saturated heterocycles. The second-order valence-corrected chi connectivity index (χ2v) is 5.82. The minimum absolute atomic E-state index is 0.155. The molecule has 0 aliphatic rings. The van der Waals surface area contributed by atoms with Crippen molar-refractivity contribution < 1.29 is 32.6 Å². The Kier molecular flexibility index (Phi) is 6.20. The third kappa shape index (κ3) is 5.06. The van der Waals surface area contributed by atoms with Gasteiger partial charge in [0, 0.05) is 12.0 Å². The third-order valence-electron chi connectivity index (χ3n) is 3.83. The number of hydrogen-bond acceptors (Lipinski definition) is 5. The molecule has 1 aromatic heterocycles. The average molecular weight is 381 g/mol. The standard InChI is InChI=1S/C19H18F3NO4/c1-3-27-17(26)9-8-16(25)18-15(24)7-6-14(23-18)13-5-4-12(10-11(13)2)19(20,21)22/h4-7,10,24H,3,8-9H2,1-2H3. The smallest absolute Gasteiger partial charge is 0.416 e. The second kappa shape index (κ2) is 8.20. The molecule has 0 aliphatic carbocycles. The van der Waals surface area contributed by atoms with Gasteiger partial charge in [-0.1, -0.05) is 6.07 Å². The molecule has 0 saturated carbocycles. The van der Waals surface area contributed by atoms with E-state index in [1.807, 2.05) is 0 Å². The molecule has 2 aromatic rings. The highest BCUT2D eigenvalue weighted by molar-refractivity contribution is 5.98. The number of rotatable bonds is 6. The van der Waals surface area contributed by atoms with E-state index in [4.69, 9.17) is 4.74 Å². The molecule has 0 fully saturated rings. The van der Waals surface area contributed by atoms with Crippen molar-refractivity contribution in [3.05, 3.63) is 47.2 Å². The van der Waals surface area contributed by atoms with Gasteiger partial charge < -0.3 is 9.84 Å². The zero-order chi connectivity index (χ0) is 20.2. The Balaban J connectivity index is 2.29. The molecule has 144 valence electrons. The lowest BCUT2D eigenvalue weighted by Gasteiger charge is -2.12. The van der Waals surface area contributed by atoms with Crippen LogP contribution in [-0.4, -0.2) is 28.4 Å². The fourth-order valence-corrected chi connectivity index (χ4v) is 2.50. The van der Waals surface area contributed by atoms with Crippen LogP contribution >= 0.6 is 0 Å². The summed E-state index contributed by atoms with van der Waals surface area (Å²) in [4.78, 5) is 27.7. The van der Waals surface area contributed by atoms with Gasteiger partial charge in [0.25, 0.3) is 0 Å². The molecule has 8 heteroatoms. The summed E-state index contributed by atoms with van der Waals surface area (Å²) >= 11 is 0. The number of alkyl halides is 3. The molecule has 0 radical (unpaired) electrons. The second-order valence-electron chi connectivity index (χ2n) is 5.82. The number of nitrogens with zero attached hydrogens (tertiary/aromatic N) is 1. The number of Topliss-reactive ketones (excluding diaryl/α,β-unsaturated/α-hetero) is 1. The lowest BCUT2D eigenvalue weighted by atomic mass is 10.0. The first kappa shape index (κ1) is 20.4. The monoisotopic (exact) mass is 381 g/mol. The highest BCUT2D eigenvalue weighted by Crippen LogP contribution is 2.33. The molecule has 2 rings (SSSR count). The van der Waals surface area contributed by atoms with Crippen molar-refractivity contribution in [2.24, 2.45) is 0 Å². The van der Waals surface area contributed by atoms with Gasteiger partial charge in [-0.05, 0) is 43.7 Å². The van der Waals surface area contributed by atoms with E-state index in [1.165, 1.54) is 25.1 Å². The van der Waals surface area contributed by atoms with Gasteiger partial charge in [0.2, 0.25) is 0 Å². The Hall–Kier alpha value is -2.90. The summed E-state index contributed by atoms with van der Waals surface area (Å²) in [7, 11) is 0. The quantitative estimate of drug-likeness (QED) is 0.596. The molecule has 0 bridgehead atoms. The van der Waals surface area contributed by atoms with E-state index in [9.17, 15) is 27.9 Å². The SMILES string of the molecule is CCOC(=O)CCC(=O)c1nc(-c2ccc(C(F)(F)F)cc2C)ccc1O. The van der Waals surface area contributed by atoms with Gasteiger partial charge in [-0.3, -0.25) is 9.59 Å². The number of carbonyl (C=O) groups excluding carboxylic acids is 2. The highest BCUT2D eigenvalue weighted by atomic mass is 19.4. The van der Waals surface area contributed by atoms with Crippen LogP contribution in [-0.2, 0) is 15.7 Å². The Morgan fingerprint density at radius 1 is 1.15 bits per heavy atom. The number of esters is 1. The van der Waals surface area contributed by atoms with Crippen molar-refractivity contribution in [3.63, 3.8) is 0 Å². The van der Waals surface area contributed by atoms with Gasteiger partial charge in [0.1, 0.15) is 11.4 Å². The van der Waals surface area contributed by atoms with E-state index >= 15 is 0 Å². The van der Waals surface area contributed by atoms with E-state index in [2.05, 4.69) is 4.98 Å². The molecule has 0 spiro atoms. The zero-order valence-corrected chi connectivity index (χ0v) is 14.8. The lowest BCUT2D eigenvalue weighted by Crippen LogP contribution is -2.10. The van der Waals surface area contributed by atoms with Crippen molar-refractivity contribution in [1.82, 2.24) is 4.98 Å². The third-order valence-corrected chi connectivity index (χ3v) is 3.83. The predicted molar refractivity (Wildman–Crippen MR) is 91.3 cm³/mol. The van der Waals surface area contributed by atoms with Crippen LogP contribution < -0.4 is 0 Å². The van der Waals surface area contributed by atoms with Crippen molar-refractivity contribution >= 4 is 11.8 Å². The maximum absolute atomic E-state index is 12.8. The first-order valence-corrected chi connectivity index (χ1v) is 8.20. The number of carbonyl (C=O) groups is 2. The van der Waals surface area contributed by atoms with Crippen molar-refractivity contribution in [2.45, 2.75) is 32.9 Å². The Labute approximate surface area is 153 Å². The number of ketones is 1. The summed E-state index contributed by atoms with van der Waals surface area (Å²) in [5, 5.41) is 9.89. The van der Waals surface area contributed by atoms with Crippen LogP contribution in [0.25, 0.3) is 11.3 Å². The molecular formula is C19H18F3NO4. The lowest BCUT2D eigenvalue weighted by molar-refractivity contribution is -0.143. The molecule has 1 heterocycles. The van der Waals surface area contributed by atoms with Crippen LogP contribution in [0.5, 0.6) is 5.75 Å². The highest BCUT2D eigenvalue weighted by Gasteiger charge is 2.30. The van der Waals surface area contributed by atoms with Gasteiger partial charge >= 0.3 is 12.1 Å². The maximum Gasteiger partial charge on any atom is 0.416 e. The topological polar surface area (TPSA) is 76.5 Å². The molecule has 5 nitrogen and oxygen atoms in total. The van der Waals surface area contributed by atoms with E-state index in [0.29, 0.717) is 11.1 Å². The van der Waals surface area contributed by atoms with Crippen LogP contribution in [0.15, 0.2) is 30.3 Å². The molecule has 1 N–H and O–H groups in total. The fraction of sp³-hybridized carbons (Fsp3) is 0.316. The molecule has 27 heavy (non-hydrogen) atoms. The Morgan fingerprint density at radius 3 is 2.44 bits per heavy atom. The van der Waals surface area contributed by atoms with Crippen molar-refractivity contribution in [1.29, 1.82) is 0 Å². The summed E-state index contributed by atoms with van der Waals surface area (Å²) in [6.45, 7) is 3.34. The molecule has 0 amide bonds. The molecule has 0 aliphatic heterocycles. The van der Waals surface area contributed by atoms with Gasteiger partial charge in [0.05, 0.1) is 24.3 Å². The summed E-state index contributed by atoms with van der Waals surface area (Å²) in [6.07, 6.45) is -4.81. The Morgan fingerprint density at radius 2 is 1.85 bits per heavy atom. The zero-order valence-electron chi connectivity index (χ0n) is 14.8. The normalized spacial score (nSPS) is 11.3. The van der Waals surface area contributed by atoms with Crippen molar-refractivity contribution in [3.8, 4) is 17.0 Å². The number of aromatic hydroxyl groups is 1. The summed E-state index contributed by atoms with van der Waals surface area (Å²) < 4.78 is 43.1. The van der Waals surface area contributed by atoms with E-state index in [0.717, 1.165) is 12.1 Å². The number of ether oxygens (including phenoxy) is 1. The number of aromatic nitrogens is 1. The minimum atomic E-state index is -4.46. The number of hydrogen-bond donors (Lipinski definition) is 1. The van der Waals surface area contributed by atoms with Crippen LogP contribution in [0.2, 0.25) is 0 Å². The Bertz CT molecular complexity index is 863. The van der Waals surface area contributed by atoms with Gasteiger partial charge in [-0.25, -0.2) is 4.98 Å². The van der Waals surface area contributed by atoms with Gasteiger partial charge in [0.15, 0.2) is 5.78 Å². The van der Waals surface area contributed by atoms with E-state index in [1.54, 1.807) is 6.92 Å². The number of aryl methyl sites for hydroxylation is 1. The fourth-order valence-electron chi connectivity index (χ4n) is 2.50. The number of halogens is 3. The molecular weight excluding hydrogens is 363 g/mol. The van der Waals surface area contributed by atoms with Crippen LogP contribution in [0.3, 0.4) is 0 Å². The maximum atomic E-state index is 12.8. The number of benzene rings is 1. The summed E-state index contributed by atoms with van der Waals surface area (Å²) in [6, 6.07) is 5.85. The van der Waals surface area contributed by atoms with Crippen LogP contribution in [0, 0.1) is 6.92 Å². The molecule has 1 aromatic carbocycles. The van der Waals surface area contributed by atoms with Crippen molar-refractivity contribution in [2.75, 3.05) is 6.61 Å². The minimum Gasteiger partial charge on any atom is -0.506 e. The predicted octanol–water partition coefficient (Wildman–Crippen LogP) is 4.31. The van der Waals surface area contributed by atoms with Crippen LogP contribution in [0.1, 0.15) is 41.4 Å². The summed E-state index contributed by atoms with van der Waals surface area (Å²) in [5.74, 6) is -1.47. The molecule has 0 unspecified atom stereocenters. The first-order valence-electron chi connectivity index (χ1n) is 8.20. The van der Waals surface area contributed by atoms with E-state index < -0.39 is 23.5 Å². The first-order chi connectivity index (χ1) is 12.6. The summed E-state index contributed by atoms with van der Waals surface area (Å²) in [5.41, 5.74) is -0.0433. The average Bonchev–Trinajstić information content (AvgIpc) is 2.59. The van der Waals surface area contributed by atoms with Gasteiger partial charge in [-0.15, -0.1) is 0 Å². The largest absolute Gasteiger partial charge is 0.506 e. The molecule has 0 atom stereocenters. The number of pyridine rings is 1.